The molecule has 2 nitrogen and oxygen atoms in total. The minimum Gasteiger partial charge on any atom is -0.192 e. The van der Waals surface area contributed by atoms with Gasteiger partial charge < -0.3 is 0 Å². The van der Waals surface area contributed by atoms with Crippen molar-refractivity contribution in [3.8, 4) is 24.5 Å². The zero-order valence-electron chi connectivity index (χ0n) is 9.97. The first-order chi connectivity index (χ1) is 9.19. The van der Waals surface area contributed by atoms with Crippen molar-refractivity contribution in [3.05, 3.63) is 68.8 Å². The van der Waals surface area contributed by atoms with Gasteiger partial charge in [0, 0.05) is 9.13 Å². The molecule has 2 rings (SSSR count). The zero-order valence-corrected chi connectivity index (χ0v) is 12.1. The lowest BCUT2D eigenvalue weighted by atomic mass is 10.1. The predicted octanol–water partition coefficient (Wildman–Crippen LogP) is 3.70. The fourth-order valence-corrected chi connectivity index (χ4v) is 1.78. The number of nitrogens with zero attached hydrogens (tertiary/aromatic N) is 2. The quantitative estimate of drug-likeness (QED) is 0.534. The van der Waals surface area contributed by atoms with Gasteiger partial charge in [0.05, 0.1) is 23.3 Å². The van der Waals surface area contributed by atoms with Crippen LogP contribution < -0.4 is 0 Å². The van der Waals surface area contributed by atoms with Crippen LogP contribution in [0.1, 0.15) is 16.7 Å². The summed E-state index contributed by atoms with van der Waals surface area (Å²) in [7, 11) is 0. The van der Waals surface area contributed by atoms with E-state index in [-0.39, 0.29) is 0 Å². The van der Waals surface area contributed by atoms with E-state index in [9.17, 15) is 0 Å². The Kier molecular flexibility index (Phi) is 6.16. The Morgan fingerprint density at radius 3 is 1.84 bits per heavy atom. The van der Waals surface area contributed by atoms with Crippen molar-refractivity contribution in [1.82, 2.24) is 0 Å². The summed E-state index contributed by atoms with van der Waals surface area (Å²) in [6.45, 7) is 0. The molecule has 0 bridgehead atoms. The molecule has 2 aromatic carbocycles. The number of nitriles is 2. The third-order valence-corrected chi connectivity index (χ3v) is 2.78. The fraction of sp³-hybridized carbons (Fsp3) is 0. The highest BCUT2D eigenvalue weighted by Crippen LogP contribution is 2.05. The summed E-state index contributed by atoms with van der Waals surface area (Å²) in [5.74, 6) is 2.45. The molecule has 0 saturated heterocycles. The molecule has 19 heavy (non-hydrogen) atoms. The largest absolute Gasteiger partial charge is 0.192 e. The summed E-state index contributed by atoms with van der Waals surface area (Å²) in [6, 6.07) is 18.5. The number of benzene rings is 2. The van der Waals surface area contributed by atoms with E-state index in [1.54, 1.807) is 30.3 Å². The molecule has 0 fully saturated rings. The second kappa shape index (κ2) is 7.93. The van der Waals surface area contributed by atoms with Gasteiger partial charge in [-0.3, -0.25) is 0 Å². The van der Waals surface area contributed by atoms with Crippen LogP contribution in [0.3, 0.4) is 0 Å². The Morgan fingerprint density at radius 2 is 1.37 bits per heavy atom. The first-order valence-electron chi connectivity index (χ1n) is 5.32. The van der Waals surface area contributed by atoms with Crippen LogP contribution in [0, 0.1) is 38.6 Å². The van der Waals surface area contributed by atoms with Crippen molar-refractivity contribution in [1.29, 1.82) is 10.5 Å². The van der Waals surface area contributed by atoms with Crippen molar-refractivity contribution < 1.29 is 0 Å². The van der Waals surface area contributed by atoms with Gasteiger partial charge in [-0.25, -0.2) is 0 Å². The van der Waals surface area contributed by atoms with Crippen molar-refractivity contribution in [3.63, 3.8) is 0 Å². The van der Waals surface area contributed by atoms with E-state index in [4.69, 9.17) is 16.9 Å². The molecule has 0 unspecified atom stereocenters. The second-order valence-corrected chi connectivity index (χ2v) is 4.70. The number of terminal acetylenes is 1. The molecular weight excluding hydrogens is 347 g/mol. The summed E-state index contributed by atoms with van der Waals surface area (Å²) in [6.07, 6.45) is 5.11. The van der Waals surface area contributed by atoms with Gasteiger partial charge in [-0.15, -0.1) is 6.42 Å². The van der Waals surface area contributed by atoms with E-state index < -0.39 is 0 Å². The van der Waals surface area contributed by atoms with Crippen LogP contribution in [0.4, 0.5) is 0 Å². The summed E-state index contributed by atoms with van der Waals surface area (Å²) < 4.78 is 1.10. The van der Waals surface area contributed by atoms with E-state index in [0.29, 0.717) is 5.56 Å². The van der Waals surface area contributed by atoms with Crippen LogP contribution in [0.25, 0.3) is 0 Å². The molecule has 0 heterocycles. The summed E-state index contributed by atoms with van der Waals surface area (Å²) in [4.78, 5) is 0. The Morgan fingerprint density at radius 1 is 0.842 bits per heavy atom. The monoisotopic (exact) mass is 356 g/mol. The van der Waals surface area contributed by atoms with Gasteiger partial charge in [-0.05, 0) is 59.0 Å². The molecule has 0 amide bonds. The maximum atomic E-state index is 8.44. The molecule has 2 aromatic rings. The molecule has 0 aliphatic heterocycles. The van der Waals surface area contributed by atoms with Gasteiger partial charge in [0.25, 0.3) is 0 Å². The molecule has 0 spiro atoms. The minimum absolute atomic E-state index is 0.607. The van der Waals surface area contributed by atoms with Crippen molar-refractivity contribution in [2.45, 2.75) is 0 Å². The lowest BCUT2D eigenvalue weighted by Crippen LogP contribution is -1.75. The van der Waals surface area contributed by atoms with E-state index >= 15 is 0 Å². The summed E-state index contributed by atoms with van der Waals surface area (Å²) >= 11 is 2.18. The first-order valence-corrected chi connectivity index (χ1v) is 6.40. The minimum atomic E-state index is 0.607. The molecule has 0 N–H and O–H groups in total. The molecule has 90 valence electrons. The molecule has 0 aliphatic rings. The average Bonchev–Trinajstić information content (AvgIpc) is 2.48. The molecular formula is C16H9IN2. The van der Waals surface area contributed by atoms with Crippen LogP contribution in [0.5, 0.6) is 0 Å². The Balaban J connectivity index is 0.000000191. The van der Waals surface area contributed by atoms with E-state index in [1.165, 1.54) is 0 Å². The fourth-order valence-electron chi connectivity index (χ4n) is 1.24. The van der Waals surface area contributed by atoms with E-state index in [0.717, 1.165) is 14.7 Å². The van der Waals surface area contributed by atoms with E-state index in [2.05, 4.69) is 34.6 Å². The van der Waals surface area contributed by atoms with Crippen molar-refractivity contribution >= 4 is 22.6 Å². The molecule has 0 aromatic heterocycles. The number of rotatable bonds is 0. The maximum Gasteiger partial charge on any atom is 0.0992 e. The molecule has 0 atom stereocenters. The molecule has 0 saturated carbocycles. The molecule has 0 aliphatic carbocycles. The van der Waals surface area contributed by atoms with Crippen LogP contribution in [0.15, 0.2) is 48.5 Å². The standard InChI is InChI=1S/C9H5N.C7H4IN/c1-2-8-4-3-5-9(6-8)7-10;8-7-3-1-2-6(4-7)5-9/h1,3-6H;1-4H. The summed E-state index contributed by atoms with van der Waals surface area (Å²) in [5, 5.41) is 16.8. The number of hydrogen-bond acceptors (Lipinski definition) is 2. The van der Waals surface area contributed by atoms with Crippen molar-refractivity contribution in [2.75, 3.05) is 0 Å². The third-order valence-electron chi connectivity index (χ3n) is 2.11. The average molecular weight is 356 g/mol. The normalized spacial score (nSPS) is 8.11. The highest BCUT2D eigenvalue weighted by atomic mass is 127. The second-order valence-electron chi connectivity index (χ2n) is 3.46. The Bertz CT molecular complexity index is 656. The highest BCUT2D eigenvalue weighted by molar-refractivity contribution is 14.1. The van der Waals surface area contributed by atoms with Gasteiger partial charge >= 0.3 is 0 Å². The Labute approximate surface area is 126 Å². The van der Waals surface area contributed by atoms with Gasteiger partial charge in [-0.2, -0.15) is 10.5 Å². The lowest BCUT2D eigenvalue weighted by Gasteiger charge is -1.88. The van der Waals surface area contributed by atoms with Crippen LogP contribution >= 0.6 is 22.6 Å². The smallest absolute Gasteiger partial charge is 0.0992 e. The van der Waals surface area contributed by atoms with Crippen LogP contribution in [-0.4, -0.2) is 0 Å². The van der Waals surface area contributed by atoms with Gasteiger partial charge in [0.2, 0.25) is 0 Å². The van der Waals surface area contributed by atoms with Crippen LogP contribution in [0.2, 0.25) is 0 Å². The van der Waals surface area contributed by atoms with Crippen LogP contribution in [-0.2, 0) is 0 Å². The van der Waals surface area contributed by atoms with Gasteiger partial charge in [-0.1, -0.05) is 18.1 Å². The number of hydrogen-bond donors (Lipinski definition) is 0. The first kappa shape index (κ1) is 14.8. The Hall–Kier alpha value is -2.29. The lowest BCUT2D eigenvalue weighted by molar-refractivity contribution is 1.47. The van der Waals surface area contributed by atoms with Crippen molar-refractivity contribution in [2.24, 2.45) is 0 Å². The summed E-state index contributed by atoms with van der Waals surface area (Å²) in [5.41, 5.74) is 2.08. The SMILES string of the molecule is C#Cc1cccc(C#N)c1.N#Cc1cccc(I)c1. The molecule has 3 heteroatoms. The third kappa shape index (κ3) is 5.25. The predicted molar refractivity (Wildman–Crippen MR) is 83.0 cm³/mol. The molecule has 0 radical (unpaired) electrons. The van der Waals surface area contributed by atoms with Gasteiger partial charge in [0.1, 0.15) is 0 Å². The topological polar surface area (TPSA) is 47.6 Å². The highest BCUT2D eigenvalue weighted by Gasteiger charge is 1.88. The van der Waals surface area contributed by atoms with Gasteiger partial charge in [0.15, 0.2) is 0 Å². The van der Waals surface area contributed by atoms with E-state index in [1.807, 2.05) is 24.3 Å². The zero-order chi connectivity index (χ0) is 14.1. The number of halogens is 1. The maximum absolute atomic E-state index is 8.44.